The lowest BCUT2D eigenvalue weighted by Crippen LogP contribution is -2.04. The minimum atomic E-state index is -4.42. The van der Waals surface area contributed by atoms with Crippen LogP contribution in [-0.2, 0) is 6.18 Å². The third-order valence-corrected chi connectivity index (χ3v) is 5.24. The summed E-state index contributed by atoms with van der Waals surface area (Å²) in [6.45, 7) is 1.78. The van der Waals surface area contributed by atoms with Crippen molar-refractivity contribution in [3.05, 3.63) is 83.8 Å². The van der Waals surface area contributed by atoms with Crippen LogP contribution in [0, 0.1) is 12.7 Å². The lowest BCUT2D eigenvalue weighted by molar-refractivity contribution is -0.137. The van der Waals surface area contributed by atoms with E-state index in [1.54, 1.807) is 25.1 Å². The number of nitrogens with one attached hydrogen (secondary N) is 1. The Balaban J connectivity index is 1.64. The van der Waals surface area contributed by atoms with Gasteiger partial charge >= 0.3 is 6.18 Å². The average molecular weight is 465 g/mol. The first-order chi connectivity index (χ1) is 16.3. The summed E-state index contributed by atoms with van der Waals surface area (Å²) >= 11 is 0. The molecule has 0 fully saturated rings. The molecule has 34 heavy (non-hydrogen) atoms. The summed E-state index contributed by atoms with van der Waals surface area (Å²) in [6, 6.07) is 14.6. The van der Waals surface area contributed by atoms with Crippen LogP contribution in [0.3, 0.4) is 0 Å². The Kier molecular flexibility index (Phi) is 5.16. The number of rotatable bonds is 4. The highest BCUT2D eigenvalue weighted by Crippen LogP contribution is 2.34. The fourth-order valence-corrected chi connectivity index (χ4v) is 3.70. The molecule has 0 saturated carbocycles. The molecule has 0 atom stereocenters. The van der Waals surface area contributed by atoms with Crippen LogP contribution in [0.5, 0.6) is 0 Å². The molecule has 0 unspecified atom stereocenters. The largest absolute Gasteiger partial charge is 0.416 e. The lowest BCUT2D eigenvalue weighted by atomic mass is 10.00. The van der Waals surface area contributed by atoms with Crippen LogP contribution >= 0.6 is 0 Å². The van der Waals surface area contributed by atoms with Crippen LogP contribution in [0.4, 0.5) is 17.6 Å². The molecule has 3 aromatic carbocycles. The Labute approximate surface area is 190 Å². The molecule has 0 aliphatic heterocycles. The fraction of sp³-hybridized carbons (Fsp3) is 0.0870. The van der Waals surface area contributed by atoms with Gasteiger partial charge in [0, 0.05) is 11.1 Å². The van der Waals surface area contributed by atoms with Gasteiger partial charge in [0.2, 0.25) is 5.82 Å². The van der Waals surface area contributed by atoms with Gasteiger partial charge in [-0.05, 0) is 71.3 Å². The second-order valence-corrected chi connectivity index (χ2v) is 7.59. The van der Waals surface area contributed by atoms with Crippen molar-refractivity contribution in [1.29, 1.82) is 0 Å². The highest BCUT2D eigenvalue weighted by Gasteiger charge is 2.30. The molecule has 0 aliphatic rings. The maximum absolute atomic E-state index is 14.0. The van der Waals surface area contributed by atoms with Crippen molar-refractivity contribution in [2.24, 2.45) is 0 Å². The van der Waals surface area contributed by atoms with Gasteiger partial charge < -0.3 is 0 Å². The first kappa shape index (κ1) is 21.4. The van der Waals surface area contributed by atoms with Crippen LogP contribution in [0.15, 0.2) is 66.9 Å². The van der Waals surface area contributed by atoms with E-state index in [-0.39, 0.29) is 5.82 Å². The first-order valence-electron chi connectivity index (χ1n) is 10.0. The van der Waals surface area contributed by atoms with Crippen LogP contribution in [0.2, 0.25) is 0 Å². The van der Waals surface area contributed by atoms with E-state index in [2.05, 4.69) is 30.9 Å². The third-order valence-electron chi connectivity index (χ3n) is 5.24. The summed E-state index contributed by atoms with van der Waals surface area (Å²) in [5.41, 5.74) is 3.37. The molecule has 0 bridgehead atoms. The number of nitrogens with zero attached hydrogens (tertiary/aromatic N) is 6. The number of aromatic nitrogens is 7. The minimum Gasteiger partial charge on any atom is -0.212 e. The van der Waals surface area contributed by atoms with Crippen molar-refractivity contribution in [3.63, 3.8) is 0 Å². The zero-order valence-corrected chi connectivity index (χ0v) is 17.5. The molecule has 11 heteroatoms. The van der Waals surface area contributed by atoms with Crippen molar-refractivity contribution in [1.82, 2.24) is 35.6 Å². The highest BCUT2D eigenvalue weighted by atomic mass is 19.4. The molecule has 0 aliphatic carbocycles. The maximum Gasteiger partial charge on any atom is 0.416 e. The number of tetrazole rings is 1. The van der Waals surface area contributed by atoms with E-state index in [1.165, 1.54) is 35.1 Å². The quantitative estimate of drug-likeness (QED) is 0.367. The number of aryl methyl sites for hydroxylation is 1. The van der Waals surface area contributed by atoms with Crippen LogP contribution in [0.1, 0.15) is 11.1 Å². The number of hydrogen-bond donors (Lipinski definition) is 1. The molecule has 5 aromatic rings. The van der Waals surface area contributed by atoms with E-state index in [0.29, 0.717) is 33.6 Å². The van der Waals surface area contributed by atoms with Gasteiger partial charge in [0.1, 0.15) is 5.82 Å². The summed E-state index contributed by atoms with van der Waals surface area (Å²) < 4.78 is 54.4. The van der Waals surface area contributed by atoms with Crippen LogP contribution < -0.4 is 0 Å². The Morgan fingerprint density at radius 1 is 0.882 bits per heavy atom. The van der Waals surface area contributed by atoms with Gasteiger partial charge in [-0.2, -0.15) is 18.4 Å². The number of benzene rings is 3. The Hall–Kier alpha value is -4.41. The van der Waals surface area contributed by atoms with Crippen molar-refractivity contribution in [2.75, 3.05) is 0 Å². The summed E-state index contributed by atoms with van der Waals surface area (Å²) in [5, 5.41) is 22.3. The molecule has 7 nitrogen and oxygen atoms in total. The number of halogens is 4. The van der Waals surface area contributed by atoms with Gasteiger partial charge in [-0.3, -0.25) is 0 Å². The van der Waals surface area contributed by atoms with Gasteiger partial charge in [-0.1, -0.05) is 23.4 Å². The van der Waals surface area contributed by atoms with Crippen LogP contribution in [-0.4, -0.2) is 35.6 Å². The summed E-state index contributed by atoms with van der Waals surface area (Å²) in [7, 11) is 0. The molecular formula is C23H15F4N7. The summed E-state index contributed by atoms with van der Waals surface area (Å²) in [4.78, 5) is 0. The number of hydrogen-bond acceptors (Lipinski definition) is 5. The van der Waals surface area contributed by atoms with E-state index in [1.807, 2.05) is 6.07 Å². The average Bonchev–Trinajstić information content (AvgIpc) is 3.50. The second-order valence-electron chi connectivity index (χ2n) is 7.59. The molecule has 2 aromatic heterocycles. The molecule has 0 amide bonds. The maximum atomic E-state index is 14.0. The molecular weight excluding hydrogens is 450 g/mol. The number of H-pyrrole nitrogens is 1. The van der Waals surface area contributed by atoms with Gasteiger partial charge in [0.25, 0.3) is 0 Å². The van der Waals surface area contributed by atoms with Gasteiger partial charge in [-0.25, -0.2) is 9.07 Å². The van der Waals surface area contributed by atoms with E-state index in [0.717, 1.165) is 17.7 Å². The molecule has 0 radical (unpaired) electrons. The minimum absolute atomic E-state index is 0.251. The van der Waals surface area contributed by atoms with E-state index in [4.69, 9.17) is 0 Å². The second kappa shape index (κ2) is 8.18. The van der Waals surface area contributed by atoms with E-state index >= 15 is 0 Å². The van der Waals surface area contributed by atoms with E-state index < -0.39 is 17.6 Å². The molecule has 1 N–H and O–H groups in total. The monoisotopic (exact) mass is 465 g/mol. The Morgan fingerprint density at radius 2 is 1.65 bits per heavy atom. The predicted octanol–water partition coefficient (Wildman–Crippen LogP) is 5.25. The lowest BCUT2D eigenvalue weighted by Gasteiger charge is -2.13. The smallest absolute Gasteiger partial charge is 0.212 e. The van der Waals surface area contributed by atoms with Crippen molar-refractivity contribution < 1.29 is 17.6 Å². The van der Waals surface area contributed by atoms with Gasteiger partial charge in [0.05, 0.1) is 23.1 Å². The van der Waals surface area contributed by atoms with Crippen molar-refractivity contribution >= 4 is 0 Å². The Morgan fingerprint density at radius 3 is 2.32 bits per heavy atom. The summed E-state index contributed by atoms with van der Waals surface area (Å²) in [5.74, 6) is -0.139. The van der Waals surface area contributed by atoms with Crippen LogP contribution in [0.25, 0.3) is 39.5 Å². The third kappa shape index (κ3) is 4.03. The first-order valence-corrected chi connectivity index (χ1v) is 10.0. The zero-order valence-electron chi connectivity index (χ0n) is 17.5. The standard InChI is InChI=1S/C23H15F4N7/c1-13-8-16(10-18(24)9-13)21-12-28-33-34(21)20-7-4-15(11-19(20)22-29-31-32-30-22)14-2-5-17(6-3-14)23(25,26)27/h2-12H,1H3,(H,29,30,31,32). The normalized spacial score (nSPS) is 11.7. The number of alkyl halides is 3. The topological polar surface area (TPSA) is 85.2 Å². The fourth-order valence-electron chi connectivity index (χ4n) is 3.70. The zero-order chi connectivity index (χ0) is 23.9. The highest BCUT2D eigenvalue weighted by molar-refractivity contribution is 5.77. The number of aromatic amines is 1. The summed E-state index contributed by atoms with van der Waals surface area (Å²) in [6.07, 6.45) is -2.91. The molecule has 2 heterocycles. The SMILES string of the molecule is Cc1cc(F)cc(-c2cnnn2-c2ccc(-c3ccc(C(F)(F)F)cc3)cc2-c2nn[nH]n2)c1. The van der Waals surface area contributed by atoms with Crippen molar-refractivity contribution in [3.8, 4) is 39.5 Å². The van der Waals surface area contributed by atoms with E-state index in [9.17, 15) is 17.6 Å². The predicted molar refractivity (Wildman–Crippen MR) is 115 cm³/mol. The van der Waals surface area contributed by atoms with Crippen molar-refractivity contribution in [2.45, 2.75) is 13.1 Å². The molecule has 0 spiro atoms. The Bertz CT molecular complexity index is 1440. The molecule has 170 valence electrons. The molecule has 5 rings (SSSR count). The van der Waals surface area contributed by atoms with Gasteiger partial charge in [-0.15, -0.1) is 15.3 Å². The molecule has 0 saturated heterocycles. The van der Waals surface area contributed by atoms with Gasteiger partial charge in [0.15, 0.2) is 0 Å².